The Morgan fingerprint density at radius 3 is 1.03 bits per heavy atom. The second-order valence-corrected chi connectivity index (χ2v) is 8.80. The van der Waals surface area contributed by atoms with E-state index in [9.17, 15) is 26.3 Å². The maximum Gasteiger partial charge on any atom is 0.416 e. The van der Waals surface area contributed by atoms with E-state index < -0.39 is 23.5 Å². The van der Waals surface area contributed by atoms with Crippen LogP contribution in [0.15, 0.2) is 97.1 Å². The van der Waals surface area contributed by atoms with Gasteiger partial charge in [0.2, 0.25) is 0 Å². The lowest BCUT2D eigenvalue weighted by Crippen LogP contribution is -2.04. The van der Waals surface area contributed by atoms with Crippen molar-refractivity contribution in [2.24, 2.45) is 0 Å². The smallest absolute Gasteiger partial charge is 0.166 e. The first-order chi connectivity index (χ1) is 17.1. The molecular weight excluding hydrogens is 474 g/mol. The summed E-state index contributed by atoms with van der Waals surface area (Å²) < 4.78 is 78.3. The molecule has 6 heteroatoms. The van der Waals surface area contributed by atoms with Gasteiger partial charge in [0.25, 0.3) is 0 Å². The summed E-state index contributed by atoms with van der Waals surface area (Å²) >= 11 is 0. The monoisotopic (exact) mass is 490 g/mol. The third kappa shape index (κ3) is 3.56. The Balaban J connectivity index is 1.56. The topological polar surface area (TPSA) is 0 Å². The first kappa shape index (κ1) is 22.4. The molecule has 0 amide bonds. The van der Waals surface area contributed by atoms with Crippen molar-refractivity contribution in [2.75, 3.05) is 0 Å². The quantitative estimate of drug-likeness (QED) is 0.167. The third-order valence-corrected chi connectivity index (χ3v) is 6.71. The fourth-order valence-corrected chi connectivity index (χ4v) is 4.98. The summed E-state index contributed by atoms with van der Waals surface area (Å²) in [5.74, 6) is 0. The average Bonchev–Trinajstić information content (AvgIpc) is 2.86. The summed E-state index contributed by atoms with van der Waals surface area (Å²) in [4.78, 5) is 0. The maximum atomic E-state index is 13.0. The molecule has 6 aromatic carbocycles. The van der Waals surface area contributed by atoms with Gasteiger partial charge in [-0.25, -0.2) is 0 Å². The van der Waals surface area contributed by atoms with Crippen molar-refractivity contribution >= 4 is 32.3 Å². The predicted octanol–water partition coefficient (Wildman–Crippen LogP) is 9.96. The van der Waals surface area contributed by atoms with E-state index >= 15 is 0 Å². The largest absolute Gasteiger partial charge is 0.416 e. The highest BCUT2D eigenvalue weighted by atomic mass is 19.4. The van der Waals surface area contributed by atoms with E-state index in [1.807, 2.05) is 48.5 Å². The molecule has 0 N–H and O–H groups in total. The van der Waals surface area contributed by atoms with E-state index in [4.69, 9.17) is 0 Å². The Kier molecular flexibility index (Phi) is 4.80. The summed E-state index contributed by atoms with van der Waals surface area (Å²) in [5, 5.41) is 5.68. The summed E-state index contributed by atoms with van der Waals surface area (Å²) in [6.45, 7) is 0. The van der Waals surface area contributed by atoms with Gasteiger partial charge in [-0.1, -0.05) is 72.8 Å². The second kappa shape index (κ2) is 7.72. The standard InChI is InChI=1S/C30H16F6/c31-29(32,33)21-9-1-17(2-10-21)23-13-5-19-8-16-26-24(18-3-11-22(12-4-18)30(34,35)36)14-6-20-7-15-25(23)27(19)28(20)26/h1-16H. The minimum absolute atomic E-state index is 0.670. The van der Waals surface area contributed by atoms with Crippen LogP contribution in [-0.2, 0) is 12.4 Å². The minimum Gasteiger partial charge on any atom is -0.166 e. The molecule has 36 heavy (non-hydrogen) atoms. The van der Waals surface area contributed by atoms with E-state index in [1.165, 1.54) is 24.3 Å². The fourth-order valence-electron chi connectivity index (χ4n) is 4.98. The Hall–Kier alpha value is -4.06. The van der Waals surface area contributed by atoms with Crippen LogP contribution >= 0.6 is 0 Å². The maximum absolute atomic E-state index is 13.0. The van der Waals surface area contributed by atoms with Crippen LogP contribution in [0.2, 0.25) is 0 Å². The molecule has 0 heterocycles. The molecule has 6 rings (SSSR count). The van der Waals surface area contributed by atoms with Crippen molar-refractivity contribution in [1.29, 1.82) is 0 Å². The summed E-state index contributed by atoms with van der Waals surface area (Å²) in [7, 11) is 0. The number of rotatable bonds is 2. The zero-order valence-electron chi connectivity index (χ0n) is 18.5. The zero-order chi connectivity index (χ0) is 25.2. The molecule has 0 saturated carbocycles. The van der Waals surface area contributed by atoms with Crippen LogP contribution in [0.4, 0.5) is 26.3 Å². The number of halogens is 6. The molecule has 0 unspecified atom stereocenters. The molecule has 0 atom stereocenters. The van der Waals surface area contributed by atoms with E-state index in [2.05, 4.69) is 0 Å². The number of alkyl halides is 6. The van der Waals surface area contributed by atoms with E-state index in [-0.39, 0.29) is 0 Å². The van der Waals surface area contributed by atoms with Crippen LogP contribution in [-0.4, -0.2) is 0 Å². The van der Waals surface area contributed by atoms with Gasteiger partial charge in [0.1, 0.15) is 0 Å². The first-order valence-electron chi connectivity index (χ1n) is 11.2. The molecule has 0 spiro atoms. The molecule has 6 aromatic rings. The van der Waals surface area contributed by atoms with Crippen LogP contribution in [0.25, 0.3) is 54.6 Å². The van der Waals surface area contributed by atoms with Crippen molar-refractivity contribution < 1.29 is 26.3 Å². The number of benzene rings is 6. The Morgan fingerprint density at radius 2 is 0.694 bits per heavy atom. The fraction of sp³-hybridized carbons (Fsp3) is 0.0667. The molecule has 0 fully saturated rings. The van der Waals surface area contributed by atoms with Crippen molar-refractivity contribution in [1.82, 2.24) is 0 Å². The Bertz CT molecular complexity index is 1590. The van der Waals surface area contributed by atoms with Gasteiger partial charge >= 0.3 is 12.4 Å². The highest BCUT2D eigenvalue weighted by Gasteiger charge is 2.31. The molecular formula is C30H16F6. The Morgan fingerprint density at radius 1 is 0.361 bits per heavy atom. The molecule has 0 aliphatic heterocycles. The van der Waals surface area contributed by atoms with Gasteiger partial charge in [0.05, 0.1) is 11.1 Å². The average molecular weight is 490 g/mol. The van der Waals surface area contributed by atoms with E-state index in [0.29, 0.717) is 11.1 Å². The van der Waals surface area contributed by atoms with Crippen molar-refractivity contribution in [3.8, 4) is 22.3 Å². The molecule has 0 aromatic heterocycles. The molecule has 0 radical (unpaired) electrons. The van der Waals surface area contributed by atoms with Gasteiger partial charge in [-0.05, 0) is 78.8 Å². The highest BCUT2D eigenvalue weighted by Crippen LogP contribution is 2.43. The lowest BCUT2D eigenvalue weighted by atomic mass is 9.87. The molecule has 0 aliphatic rings. The zero-order valence-corrected chi connectivity index (χ0v) is 18.5. The van der Waals surface area contributed by atoms with Crippen LogP contribution < -0.4 is 0 Å². The van der Waals surface area contributed by atoms with Crippen LogP contribution in [0.5, 0.6) is 0 Å². The van der Waals surface area contributed by atoms with Gasteiger partial charge in [-0.3, -0.25) is 0 Å². The van der Waals surface area contributed by atoms with Crippen LogP contribution in [0, 0.1) is 0 Å². The summed E-state index contributed by atoms with van der Waals surface area (Å²) in [6.07, 6.45) is -8.81. The van der Waals surface area contributed by atoms with Gasteiger partial charge in [-0.2, -0.15) is 26.3 Å². The van der Waals surface area contributed by atoms with Crippen molar-refractivity contribution in [2.45, 2.75) is 12.4 Å². The van der Waals surface area contributed by atoms with E-state index in [1.54, 1.807) is 0 Å². The molecule has 0 nitrogen and oxygen atoms in total. The SMILES string of the molecule is FC(F)(F)c1ccc(-c2ccc3ccc4c(-c5ccc(C(F)(F)F)cc5)ccc5ccc2c3c54)cc1. The van der Waals surface area contributed by atoms with Crippen molar-refractivity contribution in [3.63, 3.8) is 0 Å². The molecule has 0 bridgehead atoms. The predicted molar refractivity (Wildman–Crippen MR) is 131 cm³/mol. The van der Waals surface area contributed by atoms with Gasteiger partial charge < -0.3 is 0 Å². The van der Waals surface area contributed by atoms with Gasteiger partial charge in [-0.15, -0.1) is 0 Å². The highest BCUT2D eigenvalue weighted by molar-refractivity contribution is 6.27. The number of hydrogen-bond acceptors (Lipinski definition) is 0. The number of hydrogen-bond donors (Lipinski definition) is 0. The molecule has 0 saturated heterocycles. The van der Waals surface area contributed by atoms with Crippen LogP contribution in [0.1, 0.15) is 11.1 Å². The summed E-state index contributed by atoms with van der Waals surface area (Å²) in [5.41, 5.74) is 1.55. The summed E-state index contributed by atoms with van der Waals surface area (Å²) in [6, 6.07) is 25.8. The third-order valence-electron chi connectivity index (χ3n) is 6.71. The first-order valence-corrected chi connectivity index (χ1v) is 11.2. The van der Waals surface area contributed by atoms with Gasteiger partial charge in [0, 0.05) is 0 Å². The Labute approximate surface area is 201 Å². The lowest BCUT2D eigenvalue weighted by molar-refractivity contribution is -0.138. The van der Waals surface area contributed by atoms with E-state index in [0.717, 1.165) is 67.7 Å². The molecule has 0 aliphatic carbocycles. The lowest BCUT2D eigenvalue weighted by Gasteiger charge is -2.17. The second-order valence-electron chi connectivity index (χ2n) is 8.80. The normalized spacial score (nSPS) is 12.7. The van der Waals surface area contributed by atoms with Gasteiger partial charge in [0.15, 0.2) is 0 Å². The van der Waals surface area contributed by atoms with Crippen LogP contribution in [0.3, 0.4) is 0 Å². The van der Waals surface area contributed by atoms with Crippen molar-refractivity contribution in [3.05, 3.63) is 108 Å². The molecule has 178 valence electrons. The minimum atomic E-state index is -4.41.